The molecule has 0 bridgehead atoms. The van der Waals surface area contributed by atoms with Gasteiger partial charge in [0, 0.05) is 12.7 Å². The van der Waals surface area contributed by atoms with E-state index in [4.69, 9.17) is 11.5 Å². The number of primary amides is 1. The predicted octanol–water partition coefficient (Wildman–Crippen LogP) is -0.595. The fourth-order valence-corrected chi connectivity index (χ4v) is 0.462. The first kappa shape index (κ1) is 8.68. The van der Waals surface area contributed by atoms with Crippen LogP contribution in [0.15, 0.2) is 16.8 Å². The number of carbonyl (C=O) groups is 1. The first-order valence-corrected chi connectivity index (χ1v) is 2.78. The molecule has 0 aromatic rings. The van der Waals surface area contributed by atoms with Gasteiger partial charge < -0.3 is 11.5 Å². The summed E-state index contributed by atoms with van der Waals surface area (Å²) in [6.45, 7) is 1.66. The largest absolute Gasteiger partial charge is 0.402 e. The number of hydrogen-bond donors (Lipinski definition) is 2. The molecule has 0 heterocycles. The average molecular weight is 141 g/mol. The molecule has 4 N–H and O–H groups in total. The highest BCUT2D eigenvalue weighted by molar-refractivity contribution is 6.42. The lowest BCUT2D eigenvalue weighted by Gasteiger charge is -1.92. The maximum atomic E-state index is 10.5. The van der Waals surface area contributed by atoms with Crippen LogP contribution in [0, 0.1) is 0 Å². The fourth-order valence-electron chi connectivity index (χ4n) is 0.462. The number of hydrogen-bond acceptors (Lipinski definition) is 3. The van der Waals surface area contributed by atoms with Crippen LogP contribution in [0.5, 0.6) is 0 Å². The molecule has 0 saturated heterocycles. The van der Waals surface area contributed by atoms with Gasteiger partial charge in [0.1, 0.15) is 5.71 Å². The zero-order valence-corrected chi connectivity index (χ0v) is 6.09. The van der Waals surface area contributed by atoms with Gasteiger partial charge in [0.25, 0.3) is 5.91 Å². The molecule has 0 atom stereocenters. The van der Waals surface area contributed by atoms with Crippen molar-refractivity contribution in [1.82, 2.24) is 0 Å². The van der Waals surface area contributed by atoms with Gasteiger partial charge in [-0.3, -0.25) is 9.79 Å². The van der Waals surface area contributed by atoms with E-state index in [0.717, 1.165) is 0 Å². The van der Waals surface area contributed by atoms with Crippen molar-refractivity contribution < 1.29 is 4.79 Å². The molecule has 0 aliphatic heterocycles. The Morgan fingerprint density at radius 1 is 1.50 bits per heavy atom. The second-order valence-corrected chi connectivity index (χ2v) is 1.86. The molecule has 4 heteroatoms. The van der Waals surface area contributed by atoms with Crippen LogP contribution >= 0.6 is 0 Å². The number of nitrogens with two attached hydrogens (primary N) is 2. The molecule has 0 radical (unpaired) electrons. The molecule has 0 rings (SSSR count). The van der Waals surface area contributed by atoms with Gasteiger partial charge in [0.15, 0.2) is 0 Å². The first-order chi connectivity index (χ1) is 4.57. The number of carbonyl (C=O) groups excluding carboxylic acids is 1. The van der Waals surface area contributed by atoms with Crippen molar-refractivity contribution >= 4 is 11.6 Å². The molecule has 0 spiro atoms. The van der Waals surface area contributed by atoms with Gasteiger partial charge in [-0.1, -0.05) is 0 Å². The second-order valence-electron chi connectivity index (χ2n) is 1.86. The van der Waals surface area contributed by atoms with Gasteiger partial charge in [-0.25, -0.2) is 0 Å². The molecule has 0 aliphatic rings. The minimum absolute atomic E-state index is 0.194. The number of allylic oxidation sites excluding steroid dienone is 1. The van der Waals surface area contributed by atoms with Crippen LogP contribution in [0.1, 0.15) is 6.92 Å². The normalized spacial score (nSPS) is 13.4. The topological polar surface area (TPSA) is 81.5 Å². The lowest BCUT2D eigenvalue weighted by atomic mass is 10.3. The quantitative estimate of drug-likeness (QED) is 0.504. The molecular weight excluding hydrogens is 130 g/mol. The van der Waals surface area contributed by atoms with Crippen molar-refractivity contribution in [1.29, 1.82) is 0 Å². The molecule has 0 aromatic carbocycles. The van der Waals surface area contributed by atoms with Gasteiger partial charge in [0.2, 0.25) is 0 Å². The molecule has 0 aliphatic carbocycles. The van der Waals surface area contributed by atoms with Crippen LogP contribution in [0.2, 0.25) is 0 Å². The van der Waals surface area contributed by atoms with Crippen molar-refractivity contribution in [2.24, 2.45) is 16.5 Å². The standard InChI is InChI=1S/C6H11N3O/c1-4(7)3-5(9-2)6(8)10/h3H,7H2,1-2H3,(H2,8,10). The Bertz CT molecular complexity index is 189. The summed E-state index contributed by atoms with van der Waals surface area (Å²) in [7, 11) is 1.49. The van der Waals surface area contributed by atoms with E-state index in [-0.39, 0.29) is 5.71 Å². The van der Waals surface area contributed by atoms with E-state index in [1.807, 2.05) is 0 Å². The lowest BCUT2D eigenvalue weighted by molar-refractivity contribution is -0.111. The Balaban J connectivity index is 4.42. The molecule has 10 heavy (non-hydrogen) atoms. The smallest absolute Gasteiger partial charge is 0.266 e. The third kappa shape index (κ3) is 2.86. The molecule has 0 unspecified atom stereocenters. The monoisotopic (exact) mass is 141 g/mol. The van der Waals surface area contributed by atoms with E-state index in [2.05, 4.69) is 4.99 Å². The summed E-state index contributed by atoms with van der Waals surface area (Å²) in [4.78, 5) is 14.1. The fraction of sp³-hybridized carbons (Fsp3) is 0.333. The van der Waals surface area contributed by atoms with Crippen LogP contribution in [0.25, 0.3) is 0 Å². The van der Waals surface area contributed by atoms with E-state index in [1.54, 1.807) is 6.92 Å². The van der Waals surface area contributed by atoms with Crippen molar-refractivity contribution in [3.8, 4) is 0 Å². The Kier molecular flexibility index (Phi) is 3.17. The van der Waals surface area contributed by atoms with Gasteiger partial charge in [0.05, 0.1) is 0 Å². The Labute approximate surface area is 59.6 Å². The van der Waals surface area contributed by atoms with Gasteiger partial charge >= 0.3 is 0 Å². The SMILES string of the molecule is CN=C(C=C(C)N)C(N)=O. The maximum Gasteiger partial charge on any atom is 0.266 e. The van der Waals surface area contributed by atoms with Crippen LogP contribution in [-0.2, 0) is 4.79 Å². The number of aliphatic imine (C=N–C) groups is 1. The summed E-state index contributed by atoms with van der Waals surface area (Å²) in [5, 5.41) is 0. The van der Waals surface area contributed by atoms with Gasteiger partial charge in [-0.05, 0) is 13.0 Å². The highest BCUT2D eigenvalue weighted by Gasteiger charge is 1.99. The Hall–Kier alpha value is -1.32. The van der Waals surface area contributed by atoms with Crippen molar-refractivity contribution in [2.75, 3.05) is 7.05 Å². The van der Waals surface area contributed by atoms with Crippen molar-refractivity contribution in [2.45, 2.75) is 6.92 Å². The van der Waals surface area contributed by atoms with Crippen LogP contribution in [0.3, 0.4) is 0 Å². The molecule has 1 amide bonds. The summed E-state index contributed by atoms with van der Waals surface area (Å²) < 4.78 is 0. The first-order valence-electron chi connectivity index (χ1n) is 2.78. The van der Waals surface area contributed by atoms with Crippen LogP contribution in [-0.4, -0.2) is 18.7 Å². The average Bonchev–Trinajstić information content (AvgIpc) is 1.81. The Morgan fingerprint density at radius 2 is 2.00 bits per heavy atom. The van der Waals surface area contributed by atoms with E-state index in [0.29, 0.717) is 5.70 Å². The summed E-state index contributed by atoms with van der Waals surface area (Å²) in [6.07, 6.45) is 1.43. The summed E-state index contributed by atoms with van der Waals surface area (Å²) in [6, 6.07) is 0. The molecule has 4 nitrogen and oxygen atoms in total. The molecule has 0 aromatic heterocycles. The minimum atomic E-state index is -0.563. The van der Waals surface area contributed by atoms with E-state index in [1.165, 1.54) is 13.1 Å². The summed E-state index contributed by atoms with van der Waals surface area (Å²) in [5.74, 6) is -0.563. The maximum absolute atomic E-state index is 10.5. The van der Waals surface area contributed by atoms with E-state index in [9.17, 15) is 4.79 Å². The molecule has 56 valence electrons. The number of rotatable bonds is 2. The van der Waals surface area contributed by atoms with Crippen molar-refractivity contribution in [3.63, 3.8) is 0 Å². The minimum Gasteiger partial charge on any atom is -0.402 e. The van der Waals surface area contributed by atoms with Crippen LogP contribution in [0.4, 0.5) is 0 Å². The molecule has 0 saturated carbocycles. The highest BCUT2D eigenvalue weighted by atomic mass is 16.1. The zero-order valence-electron chi connectivity index (χ0n) is 6.09. The number of nitrogens with zero attached hydrogens (tertiary/aromatic N) is 1. The Morgan fingerprint density at radius 3 is 2.10 bits per heavy atom. The van der Waals surface area contributed by atoms with Crippen molar-refractivity contribution in [3.05, 3.63) is 11.8 Å². The van der Waals surface area contributed by atoms with Gasteiger partial charge in [-0.15, -0.1) is 0 Å². The van der Waals surface area contributed by atoms with Gasteiger partial charge in [-0.2, -0.15) is 0 Å². The number of amides is 1. The molecular formula is C6H11N3O. The predicted molar refractivity (Wildman–Crippen MR) is 40.5 cm³/mol. The molecule has 0 fully saturated rings. The second kappa shape index (κ2) is 3.66. The van der Waals surface area contributed by atoms with E-state index < -0.39 is 5.91 Å². The van der Waals surface area contributed by atoms with Crippen LogP contribution < -0.4 is 11.5 Å². The summed E-state index contributed by atoms with van der Waals surface area (Å²) in [5.41, 5.74) is 10.9. The third-order valence-electron chi connectivity index (χ3n) is 0.858. The third-order valence-corrected chi connectivity index (χ3v) is 0.858. The lowest BCUT2D eigenvalue weighted by Crippen LogP contribution is -2.22. The highest BCUT2D eigenvalue weighted by Crippen LogP contribution is 1.83. The summed E-state index contributed by atoms with van der Waals surface area (Å²) >= 11 is 0. The zero-order chi connectivity index (χ0) is 8.15. The van der Waals surface area contributed by atoms with E-state index >= 15 is 0 Å².